The molecule has 0 N–H and O–H groups in total. The maximum atomic E-state index is 12.1. The van der Waals surface area contributed by atoms with Gasteiger partial charge in [-0.3, -0.25) is 0 Å². The van der Waals surface area contributed by atoms with Crippen molar-refractivity contribution in [3.63, 3.8) is 0 Å². The fourth-order valence-electron chi connectivity index (χ4n) is 2.27. The lowest BCUT2D eigenvalue weighted by molar-refractivity contribution is 0.0523. The highest BCUT2D eigenvalue weighted by Crippen LogP contribution is 2.42. The summed E-state index contributed by atoms with van der Waals surface area (Å²) in [6, 6.07) is 6.03. The number of nitrogens with zero attached hydrogens (tertiary/aromatic N) is 2. The topological polar surface area (TPSA) is 44.1 Å². The molecular formula is C15H18N2O2. The molecule has 0 saturated heterocycles. The van der Waals surface area contributed by atoms with Gasteiger partial charge in [-0.25, -0.2) is 4.79 Å². The number of carbonyl (C=O) groups excluding carboxylic acids is 1. The molecule has 0 amide bonds. The summed E-state index contributed by atoms with van der Waals surface area (Å²) in [7, 11) is 0. The van der Waals surface area contributed by atoms with Gasteiger partial charge < -0.3 is 4.74 Å². The van der Waals surface area contributed by atoms with Gasteiger partial charge in [-0.15, -0.1) is 0 Å². The van der Waals surface area contributed by atoms with E-state index >= 15 is 0 Å². The molecule has 19 heavy (non-hydrogen) atoms. The number of carbonyl (C=O) groups is 1. The summed E-state index contributed by atoms with van der Waals surface area (Å²) < 4.78 is 6.72. The lowest BCUT2D eigenvalue weighted by atomic mass is 10.1. The third kappa shape index (κ3) is 2.35. The molecule has 3 rings (SSSR count). The Morgan fingerprint density at radius 2 is 2.11 bits per heavy atom. The first kappa shape index (κ1) is 12.2. The van der Waals surface area contributed by atoms with Crippen LogP contribution in [0.2, 0.25) is 0 Å². The smallest absolute Gasteiger partial charge is 0.435 e. The zero-order chi connectivity index (χ0) is 13.6. The van der Waals surface area contributed by atoms with Crippen LogP contribution < -0.4 is 0 Å². The predicted octanol–water partition coefficient (Wildman–Crippen LogP) is 3.70. The minimum atomic E-state index is -0.510. The van der Waals surface area contributed by atoms with Gasteiger partial charge in [0, 0.05) is 5.39 Å². The number of rotatable bonds is 1. The molecule has 4 heteroatoms. The second kappa shape index (κ2) is 4.08. The lowest BCUT2D eigenvalue weighted by Crippen LogP contribution is -2.27. The maximum absolute atomic E-state index is 12.1. The minimum absolute atomic E-state index is 0.421. The average Bonchev–Trinajstić information content (AvgIpc) is 3.05. The summed E-state index contributed by atoms with van der Waals surface area (Å²) in [6.07, 6.45) is 3.82. The van der Waals surface area contributed by atoms with E-state index in [1.54, 1.807) is 6.20 Å². The molecular weight excluding hydrogens is 240 g/mol. The molecule has 0 unspecified atom stereocenters. The number of aromatic nitrogens is 2. The molecule has 0 radical (unpaired) electrons. The Morgan fingerprint density at radius 1 is 1.37 bits per heavy atom. The van der Waals surface area contributed by atoms with E-state index in [2.05, 4.69) is 11.2 Å². The Labute approximate surface area is 112 Å². The van der Waals surface area contributed by atoms with Crippen LogP contribution in [-0.4, -0.2) is 21.5 Å². The van der Waals surface area contributed by atoms with Crippen LogP contribution in [0.3, 0.4) is 0 Å². The fraction of sp³-hybridized carbons (Fsp3) is 0.467. The lowest BCUT2D eigenvalue weighted by Gasteiger charge is -2.19. The van der Waals surface area contributed by atoms with Crippen molar-refractivity contribution in [3.05, 3.63) is 30.0 Å². The van der Waals surface area contributed by atoms with Crippen LogP contribution in [0, 0.1) is 0 Å². The maximum Gasteiger partial charge on any atom is 0.435 e. The van der Waals surface area contributed by atoms with Crippen molar-refractivity contribution < 1.29 is 9.53 Å². The van der Waals surface area contributed by atoms with Gasteiger partial charge in [0.2, 0.25) is 0 Å². The molecule has 1 aromatic heterocycles. The van der Waals surface area contributed by atoms with Crippen LogP contribution >= 0.6 is 0 Å². The van der Waals surface area contributed by atoms with Gasteiger partial charge in [0.25, 0.3) is 0 Å². The number of fused-ring (bicyclic) bond motifs is 1. The van der Waals surface area contributed by atoms with Gasteiger partial charge >= 0.3 is 6.09 Å². The monoisotopic (exact) mass is 258 g/mol. The largest absolute Gasteiger partial charge is 0.442 e. The third-order valence-electron chi connectivity index (χ3n) is 3.23. The first-order valence-electron chi connectivity index (χ1n) is 6.66. The Hall–Kier alpha value is -1.84. The molecule has 4 nitrogen and oxygen atoms in total. The SMILES string of the molecule is CC(C)(C)OC(=O)n1ncc2c(C3CC3)cccc21. The van der Waals surface area contributed by atoms with Crippen molar-refractivity contribution in [2.24, 2.45) is 0 Å². The van der Waals surface area contributed by atoms with Gasteiger partial charge in [0.1, 0.15) is 5.60 Å². The van der Waals surface area contributed by atoms with E-state index in [0.717, 1.165) is 10.9 Å². The first-order chi connectivity index (χ1) is 8.96. The van der Waals surface area contributed by atoms with E-state index in [-0.39, 0.29) is 0 Å². The molecule has 0 spiro atoms. The normalized spacial score (nSPS) is 15.7. The molecule has 0 atom stereocenters. The summed E-state index contributed by atoms with van der Waals surface area (Å²) >= 11 is 0. The standard InChI is InChI=1S/C15H18N2O2/c1-15(2,3)19-14(18)17-13-6-4-5-11(10-7-8-10)12(13)9-16-17/h4-6,9-10H,7-8H2,1-3H3. The van der Waals surface area contributed by atoms with Crippen molar-refractivity contribution in [1.29, 1.82) is 0 Å². The van der Waals surface area contributed by atoms with Crippen molar-refractivity contribution in [2.75, 3.05) is 0 Å². The van der Waals surface area contributed by atoms with Gasteiger partial charge in [-0.05, 0) is 51.2 Å². The number of benzene rings is 1. The zero-order valence-corrected chi connectivity index (χ0v) is 11.5. The summed E-state index contributed by atoms with van der Waals surface area (Å²) in [4.78, 5) is 12.1. The summed E-state index contributed by atoms with van der Waals surface area (Å²) in [5.41, 5.74) is 1.62. The van der Waals surface area contributed by atoms with Crippen LogP contribution in [-0.2, 0) is 4.74 Å². The second-order valence-electron chi connectivity index (χ2n) is 6.09. The second-order valence-corrected chi connectivity index (χ2v) is 6.09. The highest BCUT2D eigenvalue weighted by molar-refractivity contribution is 5.90. The highest BCUT2D eigenvalue weighted by atomic mass is 16.6. The van der Waals surface area contributed by atoms with Crippen molar-refractivity contribution in [3.8, 4) is 0 Å². The van der Waals surface area contributed by atoms with E-state index in [1.807, 2.05) is 32.9 Å². The van der Waals surface area contributed by atoms with Crippen LogP contribution in [0.15, 0.2) is 24.4 Å². The fourth-order valence-corrected chi connectivity index (χ4v) is 2.27. The molecule has 1 aliphatic carbocycles. The van der Waals surface area contributed by atoms with Gasteiger partial charge in [0.05, 0.1) is 11.7 Å². The number of hydrogen-bond donors (Lipinski definition) is 0. The Bertz CT molecular complexity index is 633. The average molecular weight is 258 g/mol. The summed E-state index contributed by atoms with van der Waals surface area (Å²) in [5, 5.41) is 5.26. The molecule has 1 heterocycles. The quantitative estimate of drug-likeness (QED) is 0.783. The Balaban J connectivity index is 2.01. The van der Waals surface area contributed by atoms with Gasteiger partial charge in [-0.1, -0.05) is 12.1 Å². The number of ether oxygens (including phenoxy) is 1. The molecule has 1 aromatic carbocycles. The van der Waals surface area contributed by atoms with Crippen LogP contribution in [0.5, 0.6) is 0 Å². The van der Waals surface area contributed by atoms with Gasteiger partial charge in [-0.2, -0.15) is 9.78 Å². The number of hydrogen-bond acceptors (Lipinski definition) is 3. The van der Waals surface area contributed by atoms with Gasteiger partial charge in [0.15, 0.2) is 0 Å². The van der Waals surface area contributed by atoms with Crippen molar-refractivity contribution in [2.45, 2.75) is 45.1 Å². The van der Waals surface area contributed by atoms with E-state index in [1.165, 1.54) is 23.1 Å². The Kier molecular flexibility index (Phi) is 2.62. The van der Waals surface area contributed by atoms with Crippen molar-refractivity contribution in [1.82, 2.24) is 9.78 Å². The Morgan fingerprint density at radius 3 is 2.74 bits per heavy atom. The third-order valence-corrected chi connectivity index (χ3v) is 3.23. The zero-order valence-electron chi connectivity index (χ0n) is 11.5. The molecule has 1 saturated carbocycles. The molecule has 1 fully saturated rings. The van der Waals surface area contributed by atoms with Crippen LogP contribution in [0.4, 0.5) is 4.79 Å². The molecule has 0 bridgehead atoms. The molecule has 100 valence electrons. The van der Waals surface area contributed by atoms with E-state index in [9.17, 15) is 4.79 Å². The van der Waals surface area contributed by atoms with E-state index in [0.29, 0.717) is 5.92 Å². The van der Waals surface area contributed by atoms with Crippen LogP contribution in [0.1, 0.15) is 45.1 Å². The summed E-state index contributed by atoms with van der Waals surface area (Å²) in [5.74, 6) is 0.639. The van der Waals surface area contributed by atoms with Crippen molar-refractivity contribution >= 4 is 17.0 Å². The molecule has 0 aliphatic heterocycles. The minimum Gasteiger partial charge on any atom is -0.442 e. The molecule has 1 aliphatic rings. The highest BCUT2D eigenvalue weighted by Gasteiger charge is 2.27. The first-order valence-corrected chi connectivity index (χ1v) is 6.66. The van der Waals surface area contributed by atoms with Crippen LogP contribution in [0.25, 0.3) is 10.9 Å². The summed E-state index contributed by atoms with van der Waals surface area (Å²) in [6.45, 7) is 5.56. The predicted molar refractivity (Wildman–Crippen MR) is 73.3 cm³/mol. The van der Waals surface area contributed by atoms with E-state index < -0.39 is 11.7 Å². The van der Waals surface area contributed by atoms with E-state index in [4.69, 9.17) is 4.74 Å². The molecule has 2 aromatic rings.